The fourth-order valence-corrected chi connectivity index (χ4v) is 4.07. The Bertz CT molecular complexity index is 868. The summed E-state index contributed by atoms with van der Waals surface area (Å²) in [5.74, 6) is -0.768. The molecule has 140 valence electrons. The molecule has 26 heavy (non-hydrogen) atoms. The predicted molar refractivity (Wildman–Crippen MR) is 97.6 cm³/mol. The number of carboxylic acid groups (broad SMARTS) is 1. The summed E-state index contributed by atoms with van der Waals surface area (Å²) in [5.41, 5.74) is 0.200. The van der Waals surface area contributed by atoms with Crippen LogP contribution >= 0.6 is 11.3 Å². The van der Waals surface area contributed by atoms with Gasteiger partial charge >= 0.3 is 5.97 Å². The number of morpholine rings is 1. The van der Waals surface area contributed by atoms with E-state index < -0.39 is 16.9 Å². The summed E-state index contributed by atoms with van der Waals surface area (Å²) in [6, 6.07) is 3.99. The van der Waals surface area contributed by atoms with Crippen molar-refractivity contribution >= 4 is 44.8 Å². The molecule has 2 aromatic rings. The number of nitrogens with zero attached hydrogens (tertiary/aromatic N) is 3. The first-order valence-electron chi connectivity index (χ1n) is 7.65. The van der Waals surface area contributed by atoms with E-state index in [9.17, 15) is 13.2 Å². The van der Waals surface area contributed by atoms with Gasteiger partial charge in [0, 0.05) is 18.5 Å². The van der Waals surface area contributed by atoms with Crippen LogP contribution < -0.4 is 13.9 Å². The monoisotopic (exact) mass is 399 g/mol. The maximum atomic E-state index is 11.9. The summed E-state index contributed by atoms with van der Waals surface area (Å²) in [6.45, 7) is 2.57. The van der Waals surface area contributed by atoms with Crippen molar-refractivity contribution in [2.75, 3.05) is 42.6 Å². The van der Waals surface area contributed by atoms with Crippen molar-refractivity contribution in [1.82, 2.24) is 4.98 Å². The largest absolute Gasteiger partial charge is 0.495 e. The number of aromatic nitrogens is 1. The third kappa shape index (κ3) is 3.74. The van der Waals surface area contributed by atoms with Gasteiger partial charge in [-0.3, -0.25) is 0 Å². The molecular formula is C15H17N3O6S2. The first-order chi connectivity index (χ1) is 12.5. The summed E-state index contributed by atoms with van der Waals surface area (Å²) in [7, 11) is -1.71. The minimum absolute atomic E-state index is 0.000964. The number of thiol groups is 1. The molecule has 9 nitrogen and oxygen atoms in total. The molecule has 0 aliphatic carbocycles. The average molecular weight is 399 g/mol. The highest BCUT2D eigenvalue weighted by Gasteiger charge is 2.23. The van der Waals surface area contributed by atoms with Crippen LogP contribution in [0.3, 0.4) is 0 Å². The summed E-state index contributed by atoms with van der Waals surface area (Å²) in [4.78, 5) is 17.6. The van der Waals surface area contributed by atoms with Crippen LogP contribution in [0.15, 0.2) is 23.6 Å². The molecule has 0 unspecified atom stereocenters. The molecule has 1 aliphatic rings. The molecular weight excluding hydrogens is 382 g/mol. The van der Waals surface area contributed by atoms with E-state index in [1.54, 1.807) is 5.38 Å². The van der Waals surface area contributed by atoms with E-state index in [-0.39, 0.29) is 22.8 Å². The molecule has 1 N–H and O–H groups in total. The number of thiazole rings is 1. The third-order valence-corrected chi connectivity index (χ3v) is 5.43. The molecule has 1 saturated heterocycles. The van der Waals surface area contributed by atoms with Gasteiger partial charge in [0.05, 0.1) is 25.9 Å². The molecule has 11 heteroatoms. The second-order valence-electron chi connectivity index (χ2n) is 5.33. The zero-order chi connectivity index (χ0) is 18.7. The molecule has 0 saturated carbocycles. The molecule has 0 atom stereocenters. The van der Waals surface area contributed by atoms with E-state index in [0.29, 0.717) is 31.4 Å². The van der Waals surface area contributed by atoms with Crippen molar-refractivity contribution in [3.63, 3.8) is 0 Å². The Hall–Kier alpha value is -2.37. The fraction of sp³-hybridized carbons (Fsp3) is 0.333. The van der Waals surface area contributed by atoms with Crippen LogP contribution in [0.2, 0.25) is 0 Å². The third-order valence-electron chi connectivity index (χ3n) is 3.80. The Morgan fingerprint density at radius 3 is 2.73 bits per heavy atom. The van der Waals surface area contributed by atoms with Gasteiger partial charge in [-0.1, -0.05) is 0 Å². The first kappa shape index (κ1) is 18.4. The van der Waals surface area contributed by atoms with E-state index in [4.69, 9.17) is 14.6 Å². The van der Waals surface area contributed by atoms with Crippen LogP contribution in [0.25, 0.3) is 0 Å². The maximum Gasteiger partial charge on any atom is 0.335 e. The normalized spacial score (nSPS) is 14.5. The van der Waals surface area contributed by atoms with Crippen LogP contribution in [-0.2, 0) is 15.6 Å². The van der Waals surface area contributed by atoms with Crippen LogP contribution in [0.1, 0.15) is 10.4 Å². The van der Waals surface area contributed by atoms with Crippen molar-refractivity contribution in [2.24, 2.45) is 0 Å². The number of rotatable bonds is 6. The molecule has 1 aromatic heterocycles. The van der Waals surface area contributed by atoms with Gasteiger partial charge < -0.3 is 19.5 Å². The van der Waals surface area contributed by atoms with Crippen molar-refractivity contribution in [3.05, 3.63) is 29.1 Å². The van der Waals surface area contributed by atoms with Crippen molar-refractivity contribution in [2.45, 2.75) is 0 Å². The topological polar surface area (TPSA) is 109 Å². The molecule has 1 aromatic carbocycles. The van der Waals surface area contributed by atoms with Gasteiger partial charge in [0.1, 0.15) is 11.4 Å². The molecule has 0 spiro atoms. The Labute approximate surface area is 155 Å². The van der Waals surface area contributed by atoms with E-state index in [1.807, 2.05) is 4.90 Å². The van der Waals surface area contributed by atoms with E-state index in [1.165, 1.54) is 36.6 Å². The molecule has 0 radical (unpaired) electrons. The summed E-state index contributed by atoms with van der Waals surface area (Å²) >= 11 is 1.33. The number of carbonyl (C=O) groups is 1. The second kappa shape index (κ2) is 7.89. The maximum absolute atomic E-state index is 11.9. The molecule has 2 heterocycles. The van der Waals surface area contributed by atoms with E-state index in [0.717, 1.165) is 4.31 Å². The quantitative estimate of drug-likeness (QED) is 0.701. The highest BCUT2D eigenvalue weighted by molar-refractivity contribution is 7.74. The Balaban J connectivity index is 1.98. The number of aromatic carboxylic acids is 1. The van der Waals surface area contributed by atoms with E-state index >= 15 is 0 Å². The van der Waals surface area contributed by atoms with Crippen molar-refractivity contribution < 1.29 is 27.8 Å². The molecule has 0 amide bonds. The lowest BCUT2D eigenvalue weighted by atomic mass is 10.2. The van der Waals surface area contributed by atoms with Gasteiger partial charge in [-0.05, 0) is 18.2 Å². The minimum atomic E-state index is -3.06. The number of methoxy groups -OCH3 is 1. The lowest BCUT2D eigenvalue weighted by Gasteiger charge is -2.26. The van der Waals surface area contributed by atoms with Gasteiger partial charge in [-0.15, -0.1) is 11.3 Å². The Morgan fingerprint density at radius 2 is 2.12 bits per heavy atom. The Kier molecular flexibility index (Phi) is 5.59. The number of anilines is 3. The number of carboxylic acids is 1. The minimum Gasteiger partial charge on any atom is -0.495 e. The highest BCUT2D eigenvalue weighted by Crippen LogP contribution is 2.36. The summed E-state index contributed by atoms with van der Waals surface area (Å²) in [5, 5.41) is 11.4. The average Bonchev–Trinajstić information content (AvgIpc) is 3.12. The van der Waals surface area contributed by atoms with Crippen LogP contribution in [0.4, 0.5) is 16.6 Å². The standard InChI is InChI=1S/C15H17N3O6S2/c1-23-12-8-10(14(19)20)2-3-11(12)18(26(21)22)13-9-25-15(16-13)17-4-6-24-7-5-17/h2-3,8-9,26H,4-7H2,1H3,(H,19,20). The first-order valence-corrected chi connectivity index (χ1v) is 9.66. The van der Waals surface area contributed by atoms with E-state index in [2.05, 4.69) is 4.98 Å². The number of hydrogen-bond acceptors (Lipinski definition) is 8. The van der Waals surface area contributed by atoms with Gasteiger partial charge in [0.25, 0.3) is 0 Å². The van der Waals surface area contributed by atoms with Crippen LogP contribution in [0, 0.1) is 0 Å². The van der Waals surface area contributed by atoms with Gasteiger partial charge in [0.15, 0.2) is 10.9 Å². The number of ether oxygens (including phenoxy) is 2. The lowest BCUT2D eigenvalue weighted by molar-refractivity contribution is 0.0696. The Morgan fingerprint density at radius 1 is 1.38 bits per heavy atom. The molecule has 1 aliphatic heterocycles. The van der Waals surface area contributed by atoms with Gasteiger partial charge in [-0.2, -0.15) is 0 Å². The molecule has 1 fully saturated rings. The van der Waals surface area contributed by atoms with Crippen molar-refractivity contribution in [1.29, 1.82) is 0 Å². The highest BCUT2D eigenvalue weighted by atomic mass is 32.2. The fourth-order valence-electron chi connectivity index (χ4n) is 2.53. The zero-order valence-electron chi connectivity index (χ0n) is 13.8. The SMILES string of the molecule is COc1cc(C(=O)O)ccc1N(c1csc(N2CCOCC2)n1)[SH](=O)=O. The second-order valence-corrected chi connectivity index (χ2v) is 7.04. The number of hydrogen-bond donors (Lipinski definition) is 2. The predicted octanol–water partition coefficient (Wildman–Crippen LogP) is 1.35. The smallest absolute Gasteiger partial charge is 0.335 e. The zero-order valence-corrected chi connectivity index (χ0v) is 15.5. The molecule has 3 rings (SSSR count). The summed E-state index contributed by atoms with van der Waals surface area (Å²) in [6.07, 6.45) is 0. The van der Waals surface area contributed by atoms with Crippen molar-refractivity contribution in [3.8, 4) is 5.75 Å². The van der Waals surface area contributed by atoms with Crippen LogP contribution in [0.5, 0.6) is 5.75 Å². The van der Waals surface area contributed by atoms with Gasteiger partial charge in [-0.25, -0.2) is 22.5 Å². The molecule has 0 bridgehead atoms. The number of benzene rings is 1. The summed E-state index contributed by atoms with van der Waals surface area (Å²) < 4.78 is 35.3. The van der Waals surface area contributed by atoms with Crippen LogP contribution in [-0.4, -0.2) is 57.9 Å². The lowest BCUT2D eigenvalue weighted by Crippen LogP contribution is -2.36. The van der Waals surface area contributed by atoms with Gasteiger partial charge in [0.2, 0.25) is 10.9 Å².